The van der Waals surface area contributed by atoms with Crippen molar-refractivity contribution in [1.82, 2.24) is 15.5 Å². The number of hydrogen-bond donors (Lipinski definition) is 2. The standard InChI is InChI=1S/C19H27N3O4/c1-19(2,3)22-12-14(11-16(22)23)18(25)21-9-8-20-17(24)13-6-5-7-15(10-13)26-4/h5-7,10,14H,8-9,11-12H2,1-4H3,(H,20,24)(H,21,25). The van der Waals surface area contributed by atoms with Gasteiger partial charge in [-0.15, -0.1) is 0 Å². The number of methoxy groups -OCH3 is 1. The van der Waals surface area contributed by atoms with E-state index in [2.05, 4.69) is 10.6 Å². The molecule has 2 rings (SSSR count). The number of nitrogens with one attached hydrogen (secondary N) is 2. The van der Waals surface area contributed by atoms with Gasteiger partial charge in [0.05, 0.1) is 13.0 Å². The Morgan fingerprint density at radius 3 is 2.54 bits per heavy atom. The second-order valence-electron chi connectivity index (χ2n) is 7.36. The number of amides is 3. The van der Waals surface area contributed by atoms with Crippen LogP contribution in [0.25, 0.3) is 0 Å². The monoisotopic (exact) mass is 361 g/mol. The minimum atomic E-state index is -0.337. The summed E-state index contributed by atoms with van der Waals surface area (Å²) in [4.78, 5) is 38.1. The molecule has 1 atom stereocenters. The van der Waals surface area contributed by atoms with Gasteiger partial charge in [-0.2, -0.15) is 0 Å². The summed E-state index contributed by atoms with van der Waals surface area (Å²) in [7, 11) is 1.54. The fourth-order valence-corrected chi connectivity index (χ4v) is 2.90. The summed E-state index contributed by atoms with van der Waals surface area (Å²) in [5.41, 5.74) is 0.217. The van der Waals surface area contributed by atoms with Crippen LogP contribution >= 0.6 is 0 Å². The van der Waals surface area contributed by atoms with Crippen LogP contribution in [-0.4, -0.2) is 54.9 Å². The average molecular weight is 361 g/mol. The van der Waals surface area contributed by atoms with Crippen LogP contribution in [0, 0.1) is 5.92 Å². The maximum atomic E-state index is 12.2. The minimum absolute atomic E-state index is 0.00368. The van der Waals surface area contributed by atoms with Gasteiger partial charge in [-0.25, -0.2) is 0 Å². The first-order valence-corrected chi connectivity index (χ1v) is 8.73. The maximum absolute atomic E-state index is 12.2. The molecule has 3 amide bonds. The molecular formula is C19H27N3O4. The first kappa shape index (κ1) is 19.8. The largest absolute Gasteiger partial charge is 0.497 e. The van der Waals surface area contributed by atoms with Crippen LogP contribution in [0.5, 0.6) is 5.75 Å². The Bertz CT molecular complexity index is 682. The zero-order valence-corrected chi connectivity index (χ0v) is 15.8. The summed E-state index contributed by atoms with van der Waals surface area (Å²) >= 11 is 0. The highest BCUT2D eigenvalue weighted by molar-refractivity contribution is 5.94. The summed E-state index contributed by atoms with van der Waals surface area (Å²) in [5.74, 6) is -0.103. The molecule has 0 saturated carbocycles. The van der Waals surface area contributed by atoms with Crippen molar-refractivity contribution in [2.24, 2.45) is 5.92 Å². The molecule has 0 aliphatic carbocycles. The molecule has 7 nitrogen and oxygen atoms in total. The van der Waals surface area contributed by atoms with Crippen molar-refractivity contribution in [2.45, 2.75) is 32.7 Å². The van der Waals surface area contributed by atoms with Crippen LogP contribution in [0.4, 0.5) is 0 Å². The normalized spacial score (nSPS) is 17.2. The Balaban J connectivity index is 1.75. The Morgan fingerprint density at radius 1 is 1.23 bits per heavy atom. The smallest absolute Gasteiger partial charge is 0.251 e. The van der Waals surface area contributed by atoms with Gasteiger partial charge < -0.3 is 20.3 Å². The van der Waals surface area contributed by atoms with E-state index in [-0.39, 0.29) is 35.6 Å². The average Bonchev–Trinajstić information content (AvgIpc) is 3.00. The highest BCUT2D eigenvalue weighted by Gasteiger charge is 2.39. The van der Waals surface area contributed by atoms with Crippen molar-refractivity contribution in [3.63, 3.8) is 0 Å². The molecule has 2 N–H and O–H groups in total. The number of carbonyl (C=O) groups excluding carboxylic acids is 3. The number of carbonyl (C=O) groups is 3. The second-order valence-corrected chi connectivity index (χ2v) is 7.36. The van der Waals surface area contributed by atoms with Crippen molar-refractivity contribution in [3.8, 4) is 5.75 Å². The molecule has 1 aliphatic rings. The molecule has 142 valence electrons. The van der Waals surface area contributed by atoms with E-state index in [1.165, 1.54) is 0 Å². The highest BCUT2D eigenvalue weighted by atomic mass is 16.5. The third-order valence-corrected chi connectivity index (χ3v) is 4.35. The Labute approximate surface area is 154 Å². The third kappa shape index (κ3) is 4.97. The van der Waals surface area contributed by atoms with Crippen LogP contribution < -0.4 is 15.4 Å². The molecule has 1 saturated heterocycles. The van der Waals surface area contributed by atoms with Gasteiger partial charge in [0, 0.05) is 37.2 Å². The van der Waals surface area contributed by atoms with Gasteiger partial charge in [0.2, 0.25) is 11.8 Å². The van der Waals surface area contributed by atoms with E-state index >= 15 is 0 Å². The molecule has 1 heterocycles. The third-order valence-electron chi connectivity index (χ3n) is 4.35. The molecule has 0 spiro atoms. The highest BCUT2D eigenvalue weighted by Crippen LogP contribution is 2.25. The van der Waals surface area contributed by atoms with Crippen LogP contribution in [0.15, 0.2) is 24.3 Å². The molecular weight excluding hydrogens is 334 g/mol. The molecule has 26 heavy (non-hydrogen) atoms. The minimum Gasteiger partial charge on any atom is -0.497 e. The Morgan fingerprint density at radius 2 is 1.92 bits per heavy atom. The van der Waals surface area contributed by atoms with Crippen LogP contribution in [-0.2, 0) is 9.59 Å². The number of hydrogen-bond acceptors (Lipinski definition) is 4. The van der Waals surface area contributed by atoms with Crippen LogP contribution in [0.1, 0.15) is 37.6 Å². The second kappa shape index (κ2) is 8.21. The van der Waals surface area contributed by atoms with Gasteiger partial charge in [-0.05, 0) is 39.0 Å². The van der Waals surface area contributed by atoms with Crippen LogP contribution in [0.3, 0.4) is 0 Å². The van der Waals surface area contributed by atoms with Gasteiger partial charge in [0.15, 0.2) is 0 Å². The zero-order valence-electron chi connectivity index (χ0n) is 15.8. The van der Waals surface area contributed by atoms with Gasteiger partial charge in [0.25, 0.3) is 5.91 Å². The fourth-order valence-electron chi connectivity index (χ4n) is 2.90. The number of benzene rings is 1. The lowest BCUT2D eigenvalue weighted by molar-refractivity contribution is -0.132. The number of ether oxygens (including phenoxy) is 1. The van der Waals surface area contributed by atoms with E-state index in [1.54, 1.807) is 36.3 Å². The predicted molar refractivity (Wildman–Crippen MR) is 97.9 cm³/mol. The Kier molecular flexibility index (Phi) is 6.23. The van der Waals surface area contributed by atoms with E-state index in [0.29, 0.717) is 30.9 Å². The van der Waals surface area contributed by atoms with E-state index in [0.717, 1.165) is 0 Å². The van der Waals surface area contributed by atoms with Crippen molar-refractivity contribution in [1.29, 1.82) is 0 Å². The van der Waals surface area contributed by atoms with Crippen molar-refractivity contribution < 1.29 is 19.1 Å². The number of likely N-dealkylation sites (tertiary alicyclic amines) is 1. The number of nitrogens with zero attached hydrogens (tertiary/aromatic N) is 1. The van der Waals surface area contributed by atoms with E-state index < -0.39 is 0 Å². The quantitative estimate of drug-likeness (QED) is 0.745. The summed E-state index contributed by atoms with van der Waals surface area (Å²) < 4.78 is 5.09. The fraction of sp³-hybridized carbons (Fsp3) is 0.526. The maximum Gasteiger partial charge on any atom is 0.251 e. The molecule has 1 unspecified atom stereocenters. The Hall–Kier alpha value is -2.57. The van der Waals surface area contributed by atoms with E-state index in [1.807, 2.05) is 20.8 Å². The first-order chi connectivity index (χ1) is 12.2. The summed E-state index contributed by atoms with van der Waals surface area (Å²) in [5, 5.41) is 5.54. The lowest BCUT2D eigenvalue weighted by Crippen LogP contribution is -2.43. The van der Waals surface area contributed by atoms with Crippen LogP contribution in [0.2, 0.25) is 0 Å². The SMILES string of the molecule is COc1cccc(C(=O)NCCNC(=O)C2CC(=O)N(C(C)(C)C)C2)c1. The van der Waals surface area contributed by atoms with Gasteiger partial charge in [-0.3, -0.25) is 14.4 Å². The van der Waals surface area contributed by atoms with Gasteiger partial charge in [-0.1, -0.05) is 6.07 Å². The molecule has 1 aromatic carbocycles. The topological polar surface area (TPSA) is 87.7 Å². The predicted octanol–water partition coefficient (Wildman–Crippen LogP) is 1.19. The van der Waals surface area contributed by atoms with E-state index in [4.69, 9.17) is 4.74 Å². The summed E-state index contributed by atoms with van der Waals surface area (Å²) in [6.45, 7) is 6.93. The van der Waals surface area contributed by atoms with Gasteiger partial charge in [0.1, 0.15) is 5.75 Å². The molecule has 0 radical (unpaired) electrons. The number of rotatable bonds is 6. The lowest BCUT2D eigenvalue weighted by atomic mass is 10.1. The molecule has 0 bridgehead atoms. The molecule has 1 aromatic rings. The van der Waals surface area contributed by atoms with E-state index in [9.17, 15) is 14.4 Å². The van der Waals surface area contributed by atoms with Crippen molar-refractivity contribution >= 4 is 17.7 Å². The zero-order chi connectivity index (χ0) is 19.3. The molecule has 1 aliphatic heterocycles. The first-order valence-electron chi connectivity index (χ1n) is 8.73. The molecule has 0 aromatic heterocycles. The lowest BCUT2D eigenvalue weighted by Gasteiger charge is -2.31. The van der Waals surface area contributed by atoms with Crippen molar-refractivity contribution in [2.75, 3.05) is 26.7 Å². The molecule has 1 fully saturated rings. The van der Waals surface area contributed by atoms with Crippen molar-refractivity contribution in [3.05, 3.63) is 29.8 Å². The summed E-state index contributed by atoms with van der Waals surface area (Å²) in [6.07, 6.45) is 0.235. The summed E-state index contributed by atoms with van der Waals surface area (Å²) in [6, 6.07) is 6.86. The van der Waals surface area contributed by atoms with Gasteiger partial charge >= 0.3 is 0 Å². The molecule has 7 heteroatoms.